The van der Waals surface area contributed by atoms with Gasteiger partial charge in [-0.2, -0.15) is 0 Å². The van der Waals surface area contributed by atoms with E-state index in [0.29, 0.717) is 31.1 Å². The molecule has 2 saturated heterocycles. The minimum absolute atomic E-state index is 0.0542. The average Bonchev–Trinajstić information content (AvgIpc) is 3.16. The lowest BCUT2D eigenvalue weighted by Gasteiger charge is -2.32. The van der Waals surface area contributed by atoms with Gasteiger partial charge in [-0.25, -0.2) is 9.18 Å². The molecule has 0 radical (unpaired) electrons. The van der Waals surface area contributed by atoms with Crippen LogP contribution in [0.5, 0.6) is 0 Å². The molecule has 1 atom stereocenters. The first-order valence-corrected chi connectivity index (χ1v) is 9.42. The van der Waals surface area contributed by atoms with E-state index >= 15 is 0 Å². The van der Waals surface area contributed by atoms with Crippen molar-refractivity contribution in [1.29, 1.82) is 0 Å². The first kappa shape index (κ1) is 18.6. The van der Waals surface area contributed by atoms with Crippen molar-refractivity contribution >= 4 is 17.6 Å². The summed E-state index contributed by atoms with van der Waals surface area (Å²) in [5.41, 5.74) is 0.554. The summed E-state index contributed by atoms with van der Waals surface area (Å²) < 4.78 is 12.9. The van der Waals surface area contributed by atoms with E-state index in [2.05, 4.69) is 16.0 Å². The molecule has 2 aliphatic rings. The fourth-order valence-corrected chi connectivity index (χ4v) is 3.61. The van der Waals surface area contributed by atoms with E-state index in [1.165, 1.54) is 30.7 Å². The molecule has 26 heavy (non-hydrogen) atoms. The first-order chi connectivity index (χ1) is 12.6. The van der Waals surface area contributed by atoms with Gasteiger partial charge in [0.2, 0.25) is 5.91 Å². The summed E-state index contributed by atoms with van der Waals surface area (Å²) >= 11 is 0. The molecule has 3 amide bonds. The van der Waals surface area contributed by atoms with Crippen molar-refractivity contribution in [1.82, 2.24) is 15.5 Å². The number of urea groups is 1. The summed E-state index contributed by atoms with van der Waals surface area (Å²) in [4.78, 5) is 26.3. The second kappa shape index (κ2) is 8.98. The van der Waals surface area contributed by atoms with Gasteiger partial charge in [-0.15, -0.1) is 0 Å². The molecule has 6 nitrogen and oxygen atoms in total. The highest BCUT2D eigenvalue weighted by molar-refractivity contribution is 5.89. The van der Waals surface area contributed by atoms with Crippen LogP contribution in [0.1, 0.15) is 32.1 Å². The van der Waals surface area contributed by atoms with Crippen LogP contribution in [0.3, 0.4) is 0 Å². The van der Waals surface area contributed by atoms with Crippen LogP contribution in [0.25, 0.3) is 0 Å². The number of nitrogens with one attached hydrogen (secondary N) is 3. The van der Waals surface area contributed by atoms with E-state index in [0.717, 1.165) is 32.4 Å². The summed E-state index contributed by atoms with van der Waals surface area (Å²) in [6.45, 7) is 3.46. The standard InChI is InChI=1S/C19H27FN4O2/c20-15-2-4-16(5-3-15)22-19(26)23-17-8-11-24(12-9-17)18(25)6-1-14-7-10-21-13-14/h2-5,14,17,21H,1,6-13H2,(H2,22,23,26). The molecule has 142 valence electrons. The number of carbonyl (C=O) groups is 2. The highest BCUT2D eigenvalue weighted by Gasteiger charge is 2.24. The Labute approximate surface area is 153 Å². The molecule has 0 bridgehead atoms. The van der Waals surface area contributed by atoms with Gasteiger partial charge in [-0.3, -0.25) is 4.79 Å². The summed E-state index contributed by atoms with van der Waals surface area (Å²) in [6, 6.07) is 5.42. The second-order valence-electron chi connectivity index (χ2n) is 7.16. The molecule has 0 aliphatic carbocycles. The molecular weight excluding hydrogens is 335 g/mol. The van der Waals surface area contributed by atoms with Crippen LogP contribution in [0, 0.1) is 11.7 Å². The molecule has 3 rings (SSSR count). The zero-order valence-electron chi connectivity index (χ0n) is 15.0. The van der Waals surface area contributed by atoms with Crippen LogP contribution in [-0.4, -0.2) is 49.1 Å². The number of benzene rings is 1. The van der Waals surface area contributed by atoms with Gasteiger partial charge in [0.05, 0.1) is 0 Å². The van der Waals surface area contributed by atoms with Crippen molar-refractivity contribution in [2.24, 2.45) is 5.92 Å². The number of likely N-dealkylation sites (tertiary alicyclic amines) is 1. The molecule has 7 heteroatoms. The maximum atomic E-state index is 12.9. The van der Waals surface area contributed by atoms with Gasteiger partial charge in [0, 0.05) is 31.2 Å². The highest BCUT2D eigenvalue weighted by Crippen LogP contribution is 2.17. The fraction of sp³-hybridized carbons (Fsp3) is 0.579. The maximum Gasteiger partial charge on any atom is 0.319 e. The predicted molar refractivity (Wildman–Crippen MR) is 98.4 cm³/mol. The zero-order chi connectivity index (χ0) is 18.4. The smallest absolute Gasteiger partial charge is 0.319 e. The quantitative estimate of drug-likeness (QED) is 0.753. The number of amides is 3. The summed E-state index contributed by atoms with van der Waals surface area (Å²) in [7, 11) is 0. The molecule has 2 heterocycles. The topological polar surface area (TPSA) is 73.5 Å². The lowest BCUT2D eigenvalue weighted by Crippen LogP contribution is -2.47. The van der Waals surface area contributed by atoms with Crippen LogP contribution in [0.4, 0.5) is 14.9 Å². The van der Waals surface area contributed by atoms with Crippen LogP contribution in [-0.2, 0) is 4.79 Å². The summed E-state index contributed by atoms with van der Waals surface area (Å²) in [5.74, 6) is 0.525. The van der Waals surface area contributed by atoms with Crippen molar-refractivity contribution in [2.75, 3.05) is 31.5 Å². The third kappa shape index (κ3) is 5.42. The molecule has 0 saturated carbocycles. The van der Waals surface area contributed by atoms with Crippen molar-refractivity contribution in [2.45, 2.75) is 38.1 Å². The van der Waals surface area contributed by atoms with Crippen molar-refractivity contribution < 1.29 is 14.0 Å². The molecule has 1 aromatic carbocycles. The Hall–Kier alpha value is -2.15. The molecule has 1 aromatic rings. The van der Waals surface area contributed by atoms with Crippen LogP contribution >= 0.6 is 0 Å². The molecule has 1 unspecified atom stereocenters. The molecular formula is C19H27FN4O2. The van der Waals surface area contributed by atoms with Gasteiger partial charge in [0.1, 0.15) is 5.82 Å². The van der Waals surface area contributed by atoms with Crippen molar-refractivity contribution in [3.05, 3.63) is 30.1 Å². The molecule has 0 aromatic heterocycles. The van der Waals surface area contributed by atoms with E-state index in [4.69, 9.17) is 0 Å². The molecule has 2 fully saturated rings. The Morgan fingerprint density at radius 2 is 1.88 bits per heavy atom. The number of carbonyl (C=O) groups excluding carboxylic acids is 2. The van der Waals surface area contributed by atoms with E-state index in [-0.39, 0.29) is 23.8 Å². The number of rotatable bonds is 5. The lowest BCUT2D eigenvalue weighted by molar-refractivity contribution is -0.132. The van der Waals surface area contributed by atoms with Gasteiger partial charge < -0.3 is 20.9 Å². The normalized spacial score (nSPS) is 20.8. The van der Waals surface area contributed by atoms with Gasteiger partial charge in [0.25, 0.3) is 0 Å². The van der Waals surface area contributed by atoms with E-state index in [1.807, 2.05) is 4.90 Å². The number of piperidine rings is 1. The largest absolute Gasteiger partial charge is 0.343 e. The number of anilines is 1. The number of halogens is 1. The highest BCUT2D eigenvalue weighted by atomic mass is 19.1. The maximum absolute atomic E-state index is 12.9. The Morgan fingerprint density at radius 3 is 2.54 bits per heavy atom. The fourth-order valence-electron chi connectivity index (χ4n) is 3.61. The lowest BCUT2D eigenvalue weighted by atomic mass is 10.0. The van der Waals surface area contributed by atoms with Gasteiger partial charge in [0.15, 0.2) is 0 Å². The Kier molecular flexibility index (Phi) is 6.44. The molecule has 0 spiro atoms. The van der Waals surface area contributed by atoms with Crippen LogP contribution in [0.2, 0.25) is 0 Å². The number of nitrogens with zero attached hydrogens (tertiary/aromatic N) is 1. The van der Waals surface area contributed by atoms with Crippen molar-refractivity contribution in [3.63, 3.8) is 0 Å². The summed E-state index contributed by atoms with van der Waals surface area (Å²) in [6.07, 6.45) is 4.27. The first-order valence-electron chi connectivity index (χ1n) is 9.42. The second-order valence-corrected chi connectivity index (χ2v) is 7.16. The summed E-state index contributed by atoms with van der Waals surface area (Å²) in [5, 5.41) is 8.96. The monoisotopic (exact) mass is 362 g/mol. The zero-order valence-corrected chi connectivity index (χ0v) is 15.0. The van der Waals surface area contributed by atoms with Gasteiger partial charge >= 0.3 is 6.03 Å². The van der Waals surface area contributed by atoms with E-state index in [9.17, 15) is 14.0 Å². The minimum Gasteiger partial charge on any atom is -0.343 e. The predicted octanol–water partition coefficient (Wildman–Crippen LogP) is 2.33. The van der Waals surface area contributed by atoms with Crippen LogP contribution < -0.4 is 16.0 Å². The Morgan fingerprint density at radius 1 is 1.15 bits per heavy atom. The Bertz CT molecular complexity index is 608. The molecule has 3 N–H and O–H groups in total. The third-order valence-electron chi connectivity index (χ3n) is 5.21. The van der Waals surface area contributed by atoms with Gasteiger partial charge in [-0.1, -0.05) is 0 Å². The molecule has 2 aliphatic heterocycles. The van der Waals surface area contributed by atoms with Crippen LogP contribution in [0.15, 0.2) is 24.3 Å². The minimum atomic E-state index is -0.336. The van der Waals surface area contributed by atoms with E-state index in [1.54, 1.807) is 0 Å². The third-order valence-corrected chi connectivity index (χ3v) is 5.21. The van der Waals surface area contributed by atoms with E-state index < -0.39 is 0 Å². The van der Waals surface area contributed by atoms with Crippen molar-refractivity contribution in [3.8, 4) is 0 Å². The average molecular weight is 362 g/mol. The SMILES string of the molecule is O=C(Nc1ccc(F)cc1)NC1CCN(C(=O)CCC2CCNC2)CC1. The number of hydrogen-bond donors (Lipinski definition) is 3. The van der Waals surface area contributed by atoms with Gasteiger partial charge in [-0.05, 0) is 69.0 Å². The number of hydrogen-bond acceptors (Lipinski definition) is 3. The Balaban J connectivity index is 1.35.